The van der Waals surface area contributed by atoms with Crippen molar-refractivity contribution in [3.63, 3.8) is 0 Å². The molecule has 0 saturated carbocycles. The highest BCUT2D eigenvalue weighted by Gasteiger charge is 2.19. The molecule has 0 aliphatic heterocycles. The van der Waals surface area contributed by atoms with Gasteiger partial charge in [-0.15, -0.1) is 17.9 Å². The molecule has 0 aliphatic carbocycles. The average Bonchev–Trinajstić information content (AvgIpc) is 2.76. The Hall–Kier alpha value is -2.01. The molecule has 4 nitrogen and oxygen atoms in total. The summed E-state index contributed by atoms with van der Waals surface area (Å²) >= 11 is 1.36. The maximum absolute atomic E-state index is 12.1. The second kappa shape index (κ2) is 5.32. The minimum atomic E-state index is -0.187. The molecule has 1 heterocycles. The standard InChI is InChI=1S/C14H16N2O2S/c1-4-8(2)16-14(17)13-12(15)11-9(18-3)6-5-7-10(11)19-13/h4-8H,1,15H2,2-3H3,(H,16,17). The van der Waals surface area contributed by atoms with Gasteiger partial charge in [0.15, 0.2) is 0 Å². The first-order chi connectivity index (χ1) is 9.08. The first kappa shape index (κ1) is 13.4. The fourth-order valence-corrected chi connectivity index (χ4v) is 2.85. The molecule has 3 N–H and O–H groups in total. The summed E-state index contributed by atoms with van der Waals surface area (Å²) in [6.45, 7) is 5.49. The molecule has 2 aromatic rings. The number of carbonyl (C=O) groups excluding carboxylic acids is 1. The van der Waals surface area contributed by atoms with E-state index < -0.39 is 0 Å². The van der Waals surface area contributed by atoms with Crippen molar-refractivity contribution >= 4 is 33.0 Å². The van der Waals surface area contributed by atoms with E-state index in [0.29, 0.717) is 16.3 Å². The predicted molar refractivity (Wildman–Crippen MR) is 79.9 cm³/mol. The van der Waals surface area contributed by atoms with Crippen LogP contribution in [0.2, 0.25) is 0 Å². The van der Waals surface area contributed by atoms with Crippen molar-refractivity contribution in [2.45, 2.75) is 13.0 Å². The summed E-state index contributed by atoms with van der Waals surface area (Å²) in [6, 6.07) is 5.54. The summed E-state index contributed by atoms with van der Waals surface area (Å²) in [5.74, 6) is 0.496. The Morgan fingerprint density at radius 2 is 2.32 bits per heavy atom. The fourth-order valence-electron chi connectivity index (χ4n) is 1.81. The van der Waals surface area contributed by atoms with E-state index in [1.54, 1.807) is 13.2 Å². The molecule has 0 radical (unpaired) electrons. The number of anilines is 1. The molecule has 1 unspecified atom stereocenters. The molecule has 0 aliphatic rings. The van der Waals surface area contributed by atoms with Crippen LogP contribution in [0.1, 0.15) is 16.6 Å². The Bertz CT molecular complexity index is 634. The van der Waals surface area contributed by atoms with Crippen molar-refractivity contribution in [1.29, 1.82) is 0 Å². The highest BCUT2D eigenvalue weighted by molar-refractivity contribution is 7.21. The SMILES string of the molecule is C=CC(C)NC(=O)c1sc2cccc(OC)c2c1N. The number of nitrogens with two attached hydrogens (primary N) is 1. The number of fused-ring (bicyclic) bond motifs is 1. The molecule has 1 amide bonds. The van der Waals surface area contributed by atoms with E-state index in [4.69, 9.17) is 10.5 Å². The van der Waals surface area contributed by atoms with Gasteiger partial charge < -0.3 is 15.8 Å². The number of hydrogen-bond acceptors (Lipinski definition) is 4. The number of rotatable bonds is 4. The van der Waals surface area contributed by atoms with E-state index in [1.807, 2.05) is 25.1 Å². The molecule has 100 valence electrons. The van der Waals surface area contributed by atoms with Crippen LogP contribution in [-0.2, 0) is 0 Å². The van der Waals surface area contributed by atoms with Gasteiger partial charge in [-0.3, -0.25) is 4.79 Å². The van der Waals surface area contributed by atoms with Crippen molar-refractivity contribution in [2.24, 2.45) is 0 Å². The van der Waals surface area contributed by atoms with E-state index in [1.165, 1.54) is 11.3 Å². The molecule has 0 saturated heterocycles. The van der Waals surface area contributed by atoms with Crippen molar-refractivity contribution in [1.82, 2.24) is 5.32 Å². The predicted octanol–water partition coefficient (Wildman–Crippen LogP) is 2.80. The molecule has 0 fully saturated rings. The summed E-state index contributed by atoms with van der Waals surface area (Å²) in [5.41, 5.74) is 6.54. The normalized spacial score (nSPS) is 12.1. The minimum Gasteiger partial charge on any atom is -0.496 e. The van der Waals surface area contributed by atoms with Gasteiger partial charge in [-0.05, 0) is 19.1 Å². The Balaban J connectivity index is 2.48. The van der Waals surface area contributed by atoms with Crippen LogP contribution in [-0.4, -0.2) is 19.1 Å². The summed E-state index contributed by atoms with van der Waals surface area (Å²) in [7, 11) is 1.59. The number of ether oxygens (including phenoxy) is 1. The number of methoxy groups -OCH3 is 1. The fraction of sp³-hybridized carbons (Fsp3) is 0.214. The van der Waals surface area contributed by atoms with Gasteiger partial charge in [0.05, 0.1) is 18.2 Å². The zero-order valence-corrected chi connectivity index (χ0v) is 11.7. The quantitative estimate of drug-likeness (QED) is 0.844. The lowest BCUT2D eigenvalue weighted by molar-refractivity contribution is 0.0952. The van der Waals surface area contributed by atoms with E-state index in [0.717, 1.165) is 10.1 Å². The molecular formula is C14H16N2O2S. The second-order valence-corrected chi connectivity index (χ2v) is 5.23. The number of carbonyl (C=O) groups is 1. The van der Waals surface area contributed by atoms with Crippen LogP contribution in [0.25, 0.3) is 10.1 Å². The number of benzene rings is 1. The summed E-state index contributed by atoms with van der Waals surface area (Å²) in [4.78, 5) is 12.6. The molecule has 5 heteroatoms. The highest BCUT2D eigenvalue weighted by atomic mass is 32.1. The van der Waals surface area contributed by atoms with E-state index in [2.05, 4.69) is 11.9 Å². The van der Waals surface area contributed by atoms with Gasteiger partial charge in [0, 0.05) is 10.7 Å². The van der Waals surface area contributed by atoms with E-state index >= 15 is 0 Å². The third-order valence-corrected chi connectivity index (χ3v) is 4.02. The van der Waals surface area contributed by atoms with E-state index in [9.17, 15) is 4.79 Å². The molecule has 1 aromatic heterocycles. The number of amides is 1. The summed E-state index contributed by atoms with van der Waals surface area (Å²) in [5, 5.41) is 3.62. The first-order valence-electron chi connectivity index (χ1n) is 5.87. The number of nitrogen functional groups attached to an aromatic ring is 1. The Kier molecular flexibility index (Phi) is 3.76. The van der Waals surface area contributed by atoms with Gasteiger partial charge in [0.25, 0.3) is 5.91 Å². The third-order valence-electron chi connectivity index (χ3n) is 2.85. The summed E-state index contributed by atoms with van der Waals surface area (Å²) in [6.07, 6.45) is 1.67. The number of thiophene rings is 1. The molecule has 0 bridgehead atoms. The van der Waals surface area contributed by atoms with Gasteiger partial charge in [-0.1, -0.05) is 12.1 Å². The second-order valence-electron chi connectivity index (χ2n) is 4.18. The van der Waals surface area contributed by atoms with Gasteiger partial charge >= 0.3 is 0 Å². The highest BCUT2D eigenvalue weighted by Crippen LogP contribution is 2.39. The molecule has 2 rings (SSSR count). The Morgan fingerprint density at radius 1 is 1.58 bits per heavy atom. The van der Waals surface area contributed by atoms with Gasteiger partial charge in [0.2, 0.25) is 0 Å². The molecule has 1 aromatic carbocycles. The molecule has 0 spiro atoms. The molecule has 19 heavy (non-hydrogen) atoms. The maximum atomic E-state index is 12.1. The van der Waals surface area contributed by atoms with Crippen molar-refractivity contribution in [3.8, 4) is 5.75 Å². The average molecular weight is 276 g/mol. The van der Waals surface area contributed by atoms with Crippen LogP contribution in [0.15, 0.2) is 30.9 Å². The smallest absolute Gasteiger partial charge is 0.263 e. The van der Waals surface area contributed by atoms with Gasteiger partial charge in [0.1, 0.15) is 10.6 Å². The number of nitrogens with one attached hydrogen (secondary N) is 1. The van der Waals surface area contributed by atoms with Crippen LogP contribution >= 0.6 is 11.3 Å². The topological polar surface area (TPSA) is 64.3 Å². The number of hydrogen-bond donors (Lipinski definition) is 2. The van der Waals surface area contributed by atoms with E-state index in [-0.39, 0.29) is 11.9 Å². The molecule has 1 atom stereocenters. The van der Waals surface area contributed by atoms with Gasteiger partial charge in [-0.25, -0.2) is 0 Å². The Morgan fingerprint density at radius 3 is 2.95 bits per heavy atom. The van der Waals surface area contributed by atoms with Crippen LogP contribution in [0, 0.1) is 0 Å². The van der Waals surface area contributed by atoms with Crippen molar-refractivity contribution in [2.75, 3.05) is 12.8 Å². The van der Waals surface area contributed by atoms with Crippen LogP contribution in [0.5, 0.6) is 5.75 Å². The monoisotopic (exact) mass is 276 g/mol. The van der Waals surface area contributed by atoms with Crippen LogP contribution < -0.4 is 15.8 Å². The third kappa shape index (κ3) is 2.42. The Labute approximate surface area is 115 Å². The first-order valence-corrected chi connectivity index (χ1v) is 6.68. The lowest BCUT2D eigenvalue weighted by Gasteiger charge is -2.08. The maximum Gasteiger partial charge on any atom is 0.263 e. The van der Waals surface area contributed by atoms with Crippen LogP contribution in [0.4, 0.5) is 5.69 Å². The van der Waals surface area contributed by atoms with Gasteiger partial charge in [-0.2, -0.15) is 0 Å². The molecular weight excluding hydrogens is 260 g/mol. The summed E-state index contributed by atoms with van der Waals surface area (Å²) < 4.78 is 6.22. The largest absolute Gasteiger partial charge is 0.496 e. The lowest BCUT2D eigenvalue weighted by Crippen LogP contribution is -2.30. The van der Waals surface area contributed by atoms with Crippen molar-refractivity contribution in [3.05, 3.63) is 35.7 Å². The zero-order chi connectivity index (χ0) is 14.0. The van der Waals surface area contributed by atoms with Crippen LogP contribution in [0.3, 0.4) is 0 Å². The minimum absolute atomic E-state index is 0.0981. The van der Waals surface area contributed by atoms with Crippen molar-refractivity contribution < 1.29 is 9.53 Å². The lowest BCUT2D eigenvalue weighted by atomic mass is 10.2. The zero-order valence-electron chi connectivity index (χ0n) is 10.9.